The van der Waals surface area contributed by atoms with Gasteiger partial charge in [-0.25, -0.2) is 0 Å². The Morgan fingerprint density at radius 1 is 1.10 bits per heavy atom. The summed E-state index contributed by atoms with van der Waals surface area (Å²) >= 11 is 6.27. The molecule has 1 fully saturated rings. The van der Waals surface area contributed by atoms with Gasteiger partial charge < -0.3 is 9.31 Å². The molecule has 0 unspecified atom stereocenters. The molecule has 0 bridgehead atoms. The minimum atomic E-state index is -0.441. The van der Waals surface area contributed by atoms with Crippen LogP contribution in [0.15, 0.2) is 12.1 Å². The second-order valence-electron chi connectivity index (χ2n) is 6.15. The number of fused-ring (bicyclic) bond motifs is 1. The number of benzene rings is 1. The molecular weight excluding hydrogens is 276 g/mol. The van der Waals surface area contributed by atoms with Gasteiger partial charge in [0.1, 0.15) is 11.0 Å². The van der Waals surface area contributed by atoms with Crippen LogP contribution < -0.4 is 5.46 Å². The van der Waals surface area contributed by atoms with E-state index in [9.17, 15) is 0 Å². The van der Waals surface area contributed by atoms with E-state index >= 15 is 0 Å². The fourth-order valence-corrected chi connectivity index (χ4v) is 2.48. The molecule has 2 heterocycles. The van der Waals surface area contributed by atoms with Crippen molar-refractivity contribution in [2.75, 3.05) is 0 Å². The van der Waals surface area contributed by atoms with E-state index in [2.05, 4.69) is 10.2 Å². The Labute approximate surface area is 123 Å². The van der Waals surface area contributed by atoms with Crippen LogP contribution in [0.4, 0.5) is 0 Å². The highest BCUT2D eigenvalue weighted by molar-refractivity contribution is 6.62. The van der Waals surface area contributed by atoms with Gasteiger partial charge in [-0.2, -0.15) is 15.0 Å². The minimum absolute atomic E-state index is 0.374. The molecule has 0 saturated carbocycles. The first-order chi connectivity index (χ1) is 9.19. The van der Waals surface area contributed by atoms with Gasteiger partial charge in [0, 0.05) is 7.05 Å². The summed E-state index contributed by atoms with van der Waals surface area (Å²) in [5.41, 5.74) is 1.55. The molecule has 0 aliphatic carbocycles. The van der Waals surface area contributed by atoms with Crippen LogP contribution in [-0.2, 0) is 16.4 Å². The van der Waals surface area contributed by atoms with Crippen LogP contribution in [0.25, 0.3) is 11.0 Å². The van der Waals surface area contributed by atoms with Crippen molar-refractivity contribution in [1.82, 2.24) is 15.0 Å². The zero-order valence-corrected chi connectivity index (χ0v) is 13.0. The first kappa shape index (κ1) is 13.9. The fourth-order valence-electron chi connectivity index (χ4n) is 2.22. The Hall–Kier alpha value is -1.11. The van der Waals surface area contributed by atoms with Gasteiger partial charge in [0.2, 0.25) is 0 Å². The summed E-state index contributed by atoms with van der Waals surface area (Å²) in [6, 6.07) is 3.75. The van der Waals surface area contributed by atoms with Gasteiger partial charge in [-0.15, -0.1) is 0 Å². The van der Waals surface area contributed by atoms with E-state index in [0.717, 1.165) is 11.0 Å². The predicted octanol–water partition coefficient (Wildman–Crippen LogP) is 1.92. The molecule has 0 N–H and O–H groups in total. The summed E-state index contributed by atoms with van der Waals surface area (Å²) < 4.78 is 12.0. The number of aryl methyl sites for hydroxylation is 1. The molecule has 106 valence electrons. The molecular formula is C13H17BClN3O2. The highest BCUT2D eigenvalue weighted by Crippen LogP contribution is 2.36. The third kappa shape index (κ3) is 2.03. The Morgan fingerprint density at radius 3 is 2.30 bits per heavy atom. The van der Waals surface area contributed by atoms with E-state index < -0.39 is 7.12 Å². The lowest BCUT2D eigenvalue weighted by atomic mass is 9.79. The lowest BCUT2D eigenvalue weighted by Crippen LogP contribution is -2.41. The number of aromatic nitrogens is 3. The SMILES string of the molecule is Cn1nc2cc(B3OC(C)(C)C(C)(C)O3)cc(Cl)c2n1. The fraction of sp³-hybridized carbons (Fsp3) is 0.538. The number of nitrogens with zero attached hydrogens (tertiary/aromatic N) is 3. The molecule has 2 aromatic rings. The zero-order chi connectivity index (χ0) is 14.7. The van der Waals surface area contributed by atoms with Crippen molar-refractivity contribution in [1.29, 1.82) is 0 Å². The molecule has 1 aliphatic rings. The summed E-state index contributed by atoms with van der Waals surface area (Å²) in [6.45, 7) is 8.09. The molecule has 5 nitrogen and oxygen atoms in total. The molecule has 20 heavy (non-hydrogen) atoms. The summed E-state index contributed by atoms with van der Waals surface area (Å²) in [4.78, 5) is 1.50. The highest BCUT2D eigenvalue weighted by atomic mass is 35.5. The maximum Gasteiger partial charge on any atom is 0.494 e. The average Bonchev–Trinajstić information content (AvgIpc) is 2.77. The standard InChI is InChI=1S/C13H17BClN3O2/c1-12(2)13(3,4)20-14(19-12)8-6-9(15)11-10(7-8)16-18(5)17-11/h6-7H,1-5H3. The third-order valence-corrected chi connectivity index (χ3v) is 4.38. The molecule has 1 saturated heterocycles. The van der Waals surface area contributed by atoms with Crippen molar-refractivity contribution in [2.24, 2.45) is 7.05 Å². The van der Waals surface area contributed by atoms with E-state index in [-0.39, 0.29) is 11.2 Å². The Morgan fingerprint density at radius 2 is 1.70 bits per heavy atom. The Kier molecular flexibility index (Phi) is 2.91. The van der Waals surface area contributed by atoms with Crippen molar-refractivity contribution in [2.45, 2.75) is 38.9 Å². The lowest BCUT2D eigenvalue weighted by Gasteiger charge is -2.32. The van der Waals surface area contributed by atoms with E-state index in [1.807, 2.05) is 39.8 Å². The molecule has 0 amide bonds. The zero-order valence-electron chi connectivity index (χ0n) is 12.3. The average molecular weight is 294 g/mol. The van der Waals surface area contributed by atoms with Crippen LogP contribution in [0.2, 0.25) is 5.02 Å². The van der Waals surface area contributed by atoms with Gasteiger partial charge in [-0.3, -0.25) is 0 Å². The van der Waals surface area contributed by atoms with E-state index in [1.54, 1.807) is 7.05 Å². The number of halogens is 1. The van der Waals surface area contributed by atoms with Gasteiger partial charge in [0.25, 0.3) is 0 Å². The maximum atomic E-state index is 6.27. The molecule has 0 atom stereocenters. The number of rotatable bonds is 1. The monoisotopic (exact) mass is 293 g/mol. The quantitative estimate of drug-likeness (QED) is 0.754. The molecule has 1 aliphatic heterocycles. The Balaban J connectivity index is 2.04. The topological polar surface area (TPSA) is 49.2 Å². The number of hydrogen-bond acceptors (Lipinski definition) is 4. The van der Waals surface area contributed by atoms with E-state index in [4.69, 9.17) is 20.9 Å². The van der Waals surface area contributed by atoms with Gasteiger partial charge in [0.15, 0.2) is 0 Å². The number of hydrogen-bond donors (Lipinski definition) is 0. The van der Waals surface area contributed by atoms with Crippen molar-refractivity contribution >= 4 is 35.2 Å². The molecule has 3 rings (SSSR count). The molecule has 7 heteroatoms. The van der Waals surface area contributed by atoms with Crippen molar-refractivity contribution in [3.8, 4) is 0 Å². The van der Waals surface area contributed by atoms with E-state index in [1.165, 1.54) is 4.80 Å². The lowest BCUT2D eigenvalue weighted by molar-refractivity contribution is 0.00578. The predicted molar refractivity (Wildman–Crippen MR) is 79.2 cm³/mol. The normalized spacial score (nSPS) is 20.8. The van der Waals surface area contributed by atoms with Crippen LogP contribution in [0.3, 0.4) is 0 Å². The van der Waals surface area contributed by atoms with Crippen LogP contribution >= 0.6 is 11.6 Å². The summed E-state index contributed by atoms with van der Waals surface area (Å²) in [7, 11) is 1.33. The molecule has 0 spiro atoms. The third-order valence-electron chi connectivity index (χ3n) is 4.09. The van der Waals surface area contributed by atoms with Gasteiger partial charge in [-0.1, -0.05) is 11.6 Å². The summed E-state index contributed by atoms with van der Waals surface area (Å²) in [5, 5.41) is 9.07. The van der Waals surface area contributed by atoms with Crippen LogP contribution in [0.5, 0.6) is 0 Å². The molecule has 0 radical (unpaired) electrons. The summed E-state index contributed by atoms with van der Waals surface area (Å²) in [6.07, 6.45) is 0. The molecule has 1 aromatic heterocycles. The first-order valence-corrected chi connectivity index (χ1v) is 6.93. The van der Waals surface area contributed by atoms with Crippen molar-refractivity contribution < 1.29 is 9.31 Å². The highest BCUT2D eigenvalue weighted by Gasteiger charge is 2.51. The largest absolute Gasteiger partial charge is 0.494 e. The van der Waals surface area contributed by atoms with Crippen LogP contribution in [0.1, 0.15) is 27.7 Å². The van der Waals surface area contributed by atoms with E-state index in [0.29, 0.717) is 10.5 Å². The molecule has 1 aromatic carbocycles. The van der Waals surface area contributed by atoms with Gasteiger partial charge >= 0.3 is 7.12 Å². The first-order valence-electron chi connectivity index (χ1n) is 6.56. The van der Waals surface area contributed by atoms with Crippen molar-refractivity contribution in [3.63, 3.8) is 0 Å². The van der Waals surface area contributed by atoms with Crippen LogP contribution in [-0.4, -0.2) is 33.3 Å². The maximum absolute atomic E-state index is 6.27. The van der Waals surface area contributed by atoms with Crippen LogP contribution in [0, 0.1) is 0 Å². The van der Waals surface area contributed by atoms with Crippen molar-refractivity contribution in [3.05, 3.63) is 17.2 Å². The van der Waals surface area contributed by atoms with Gasteiger partial charge in [0.05, 0.1) is 16.2 Å². The Bertz CT molecular complexity index is 668. The second kappa shape index (κ2) is 4.19. The minimum Gasteiger partial charge on any atom is -0.399 e. The smallest absolute Gasteiger partial charge is 0.399 e. The second-order valence-corrected chi connectivity index (χ2v) is 6.56. The van der Waals surface area contributed by atoms with Gasteiger partial charge in [-0.05, 0) is 45.3 Å². The summed E-state index contributed by atoms with van der Waals surface area (Å²) in [5.74, 6) is 0.